The van der Waals surface area contributed by atoms with Gasteiger partial charge in [0.1, 0.15) is 0 Å². The van der Waals surface area contributed by atoms with Crippen LogP contribution in [0.15, 0.2) is 12.1 Å². The lowest BCUT2D eigenvalue weighted by atomic mass is 9.94. The van der Waals surface area contributed by atoms with Crippen LogP contribution in [0.2, 0.25) is 5.02 Å². The van der Waals surface area contributed by atoms with Crippen molar-refractivity contribution >= 4 is 23.4 Å². The predicted octanol–water partition coefficient (Wildman–Crippen LogP) is 3.47. The van der Waals surface area contributed by atoms with E-state index in [1.54, 1.807) is 17.0 Å². The standard InChI is InChI=1S/C20H29ClN2O4/c1-6-11-27-17-15(21)12-14(13-16(17)26-5)18(24)22-7-9-23(10-8-22)19(25)20(2,3)4/h12-13H,6-11H2,1-5H3. The van der Waals surface area contributed by atoms with Crippen LogP contribution in [0.1, 0.15) is 44.5 Å². The van der Waals surface area contributed by atoms with Gasteiger partial charge in [-0.3, -0.25) is 9.59 Å². The van der Waals surface area contributed by atoms with Crippen molar-refractivity contribution in [2.24, 2.45) is 5.41 Å². The van der Waals surface area contributed by atoms with E-state index in [0.717, 1.165) is 6.42 Å². The fourth-order valence-corrected chi connectivity index (χ4v) is 3.22. The van der Waals surface area contributed by atoms with E-state index in [2.05, 4.69) is 0 Å². The molecule has 0 N–H and O–H groups in total. The van der Waals surface area contributed by atoms with Crippen LogP contribution in [0.3, 0.4) is 0 Å². The maximum atomic E-state index is 12.9. The van der Waals surface area contributed by atoms with Crippen molar-refractivity contribution in [2.75, 3.05) is 39.9 Å². The average Bonchev–Trinajstić information content (AvgIpc) is 2.64. The summed E-state index contributed by atoms with van der Waals surface area (Å²) in [5.41, 5.74) is 0.0396. The summed E-state index contributed by atoms with van der Waals surface area (Å²) in [5.74, 6) is 0.885. The Hall–Kier alpha value is -1.95. The lowest BCUT2D eigenvalue weighted by Gasteiger charge is -2.37. The van der Waals surface area contributed by atoms with E-state index in [0.29, 0.717) is 54.9 Å². The zero-order chi connectivity index (χ0) is 20.2. The Morgan fingerprint density at radius 2 is 1.70 bits per heavy atom. The van der Waals surface area contributed by atoms with Crippen molar-refractivity contribution in [1.82, 2.24) is 9.80 Å². The normalized spacial score (nSPS) is 14.9. The fraction of sp³-hybridized carbons (Fsp3) is 0.600. The summed E-state index contributed by atoms with van der Waals surface area (Å²) in [5, 5.41) is 0.354. The average molecular weight is 397 g/mol. The number of ether oxygens (including phenoxy) is 2. The molecule has 0 unspecified atom stereocenters. The van der Waals surface area contributed by atoms with Crippen LogP contribution in [-0.4, -0.2) is 61.5 Å². The Morgan fingerprint density at radius 3 is 2.22 bits per heavy atom. The summed E-state index contributed by atoms with van der Waals surface area (Å²) in [4.78, 5) is 28.8. The van der Waals surface area contributed by atoms with Crippen LogP contribution in [0.25, 0.3) is 0 Å². The van der Waals surface area contributed by atoms with E-state index >= 15 is 0 Å². The van der Waals surface area contributed by atoms with E-state index in [4.69, 9.17) is 21.1 Å². The first kappa shape index (κ1) is 21.4. The summed E-state index contributed by atoms with van der Waals surface area (Å²) in [6, 6.07) is 3.27. The molecule has 150 valence electrons. The summed E-state index contributed by atoms with van der Waals surface area (Å²) in [6.45, 7) is 10.3. The SMILES string of the molecule is CCCOc1c(Cl)cc(C(=O)N2CCN(C(=O)C(C)(C)C)CC2)cc1OC. The zero-order valence-corrected chi connectivity index (χ0v) is 17.6. The number of rotatable bonds is 5. The summed E-state index contributed by atoms with van der Waals surface area (Å²) in [6.07, 6.45) is 0.845. The second-order valence-electron chi connectivity index (χ2n) is 7.67. The van der Waals surface area contributed by atoms with Crippen molar-refractivity contribution in [2.45, 2.75) is 34.1 Å². The summed E-state index contributed by atoms with van der Waals surface area (Å²) < 4.78 is 11.0. The molecule has 0 aromatic heterocycles. The van der Waals surface area contributed by atoms with Gasteiger partial charge in [0.25, 0.3) is 5.91 Å². The van der Waals surface area contributed by atoms with Crippen molar-refractivity contribution < 1.29 is 19.1 Å². The van der Waals surface area contributed by atoms with Gasteiger partial charge in [-0.15, -0.1) is 0 Å². The Morgan fingerprint density at radius 1 is 1.11 bits per heavy atom. The molecule has 27 heavy (non-hydrogen) atoms. The molecule has 2 amide bonds. The molecule has 1 saturated heterocycles. The maximum Gasteiger partial charge on any atom is 0.254 e. The molecule has 0 aliphatic carbocycles. The van der Waals surface area contributed by atoms with Gasteiger partial charge in [-0.2, -0.15) is 0 Å². The molecule has 1 aliphatic rings. The number of hydrogen-bond donors (Lipinski definition) is 0. The third-order valence-electron chi connectivity index (χ3n) is 4.42. The van der Waals surface area contributed by atoms with E-state index in [1.807, 2.05) is 32.6 Å². The number of piperazine rings is 1. The highest BCUT2D eigenvalue weighted by atomic mass is 35.5. The third kappa shape index (κ3) is 5.06. The van der Waals surface area contributed by atoms with Gasteiger partial charge in [0.15, 0.2) is 11.5 Å². The molecule has 0 spiro atoms. The minimum Gasteiger partial charge on any atom is -0.493 e. The van der Waals surface area contributed by atoms with E-state index < -0.39 is 5.41 Å². The third-order valence-corrected chi connectivity index (χ3v) is 4.70. The number of hydrogen-bond acceptors (Lipinski definition) is 4. The second-order valence-corrected chi connectivity index (χ2v) is 8.08. The number of carbonyl (C=O) groups excluding carboxylic acids is 2. The van der Waals surface area contributed by atoms with Crippen molar-refractivity contribution in [3.63, 3.8) is 0 Å². The summed E-state index contributed by atoms with van der Waals surface area (Å²) >= 11 is 6.32. The molecule has 1 aliphatic heterocycles. The molecule has 2 rings (SSSR count). The minimum atomic E-state index is -0.415. The quantitative estimate of drug-likeness (QED) is 0.764. The Balaban J connectivity index is 2.10. The first-order valence-corrected chi connectivity index (χ1v) is 9.65. The highest BCUT2D eigenvalue weighted by Crippen LogP contribution is 2.37. The van der Waals surface area contributed by atoms with E-state index in [1.165, 1.54) is 7.11 Å². The topological polar surface area (TPSA) is 59.1 Å². The minimum absolute atomic E-state index is 0.108. The van der Waals surface area contributed by atoms with Gasteiger partial charge in [0.2, 0.25) is 5.91 Å². The van der Waals surface area contributed by atoms with Gasteiger partial charge in [0.05, 0.1) is 18.7 Å². The molecule has 1 fully saturated rings. The highest BCUT2D eigenvalue weighted by Gasteiger charge is 2.31. The Kier molecular flexibility index (Phi) is 6.98. The molecule has 0 atom stereocenters. The van der Waals surface area contributed by atoms with Crippen LogP contribution < -0.4 is 9.47 Å². The van der Waals surface area contributed by atoms with Gasteiger partial charge in [-0.1, -0.05) is 39.3 Å². The number of carbonyl (C=O) groups is 2. The number of amides is 2. The zero-order valence-electron chi connectivity index (χ0n) is 16.8. The first-order chi connectivity index (χ1) is 12.7. The largest absolute Gasteiger partial charge is 0.493 e. The molecular formula is C20H29ClN2O4. The van der Waals surface area contributed by atoms with Gasteiger partial charge in [-0.05, 0) is 18.6 Å². The van der Waals surface area contributed by atoms with Crippen LogP contribution in [0.4, 0.5) is 0 Å². The number of halogens is 1. The molecule has 1 aromatic carbocycles. The van der Waals surface area contributed by atoms with Crippen LogP contribution >= 0.6 is 11.6 Å². The molecule has 0 saturated carbocycles. The van der Waals surface area contributed by atoms with E-state index in [9.17, 15) is 9.59 Å². The first-order valence-electron chi connectivity index (χ1n) is 9.28. The van der Waals surface area contributed by atoms with Crippen LogP contribution in [0, 0.1) is 5.41 Å². The fourth-order valence-electron chi connectivity index (χ4n) is 2.96. The molecule has 1 aromatic rings. The number of nitrogens with zero attached hydrogens (tertiary/aromatic N) is 2. The van der Waals surface area contributed by atoms with Gasteiger partial charge < -0.3 is 19.3 Å². The number of benzene rings is 1. The van der Waals surface area contributed by atoms with Crippen LogP contribution in [0.5, 0.6) is 11.5 Å². The maximum absolute atomic E-state index is 12.9. The Labute approximate surface area is 166 Å². The predicted molar refractivity (Wildman–Crippen MR) is 106 cm³/mol. The Bertz CT molecular complexity index is 692. The van der Waals surface area contributed by atoms with Crippen molar-refractivity contribution in [1.29, 1.82) is 0 Å². The summed E-state index contributed by atoms with van der Waals surface area (Å²) in [7, 11) is 1.52. The van der Waals surface area contributed by atoms with Gasteiger partial charge in [0, 0.05) is 37.2 Å². The molecule has 1 heterocycles. The lowest BCUT2D eigenvalue weighted by molar-refractivity contribution is -0.140. The van der Waals surface area contributed by atoms with Crippen molar-refractivity contribution in [3.05, 3.63) is 22.7 Å². The second kappa shape index (κ2) is 8.83. The molecule has 6 nitrogen and oxygen atoms in total. The molecular weight excluding hydrogens is 368 g/mol. The monoisotopic (exact) mass is 396 g/mol. The molecule has 0 bridgehead atoms. The molecule has 7 heteroatoms. The van der Waals surface area contributed by atoms with Gasteiger partial charge >= 0.3 is 0 Å². The van der Waals surface area contributed by atoms with E-state index in [-0.39, 0.29) is 11.8 Å². The van der Waals surface area contributed by atoms with Crippen LogP contribution in [-0.2, 0) is 4.79 Å². The highest BCUT2D eigenvalue weighted by molar-refractivity contribution is 6.32. The molecule has 0 radical (unpaired) electrons. The van der Waals surface area contributed by atoms with Crippen molar-refractivity contribution in [3.8, 4) is 11.5 Å². The van der Waals surface area contributed by atoms with Gasteiger partial charge in [-0.25, -0.2) is 0 Å². The smallest absolute Gasteiger partial charge is 0.254 e. The lowest BCUT2D eigenvalue weighted by Crippen LogP contribution is -2.53. The number of methoxy groups -OCH3 is 1.